The molecule has 2 aromatic rings. The number of hydrogen-bond donors (Lipinski definition) is 5. The number of hydroxylamine groups is 1. The summed E-state index contributed by atoms with van der Waals surface area (Å²) in [5.74, 6) is -0.476. The van der Waals surface area contributed by atoms with Gasteiger partial charge in [0.1, 0.15) is 11.9 Å². The Balaban J connectivity index is 1.67. The maximum atomic E-state index is 12.3. The molecule has 1 fully saturated rings. The molecule has 1 saturated heterocycles. The SMILES string of the molecule is C[C@@H](O)[C@H](NC(=O)c1ccc(-c2ccc(N3CCNCC3)nc2)cc1)C(=O)NO. The number of amides is 2. The fourth-order valence-corrected chi connectivity index (χ4v) is 3.15. The van der Waals surface area contributed by atoms with E-state index >= 15 is 0 Å². The Morgan fingerprint density at radius 3 is 2.31 bits per heavy atom. The zero-order chi connectivity index (χ0) is 20.8. The van der Waals surface area contributed by atoms with Gasteiger partial charge in [0.2, 0.25) is 0 Å². The number of carbonyl (C=O) groups excluding carboxylic acids is 2. The van der Waals surface area contributed by atoms with Gasteiger partial charge in [-0.15, -0.1) is 0 Å². The van der Waals surface area contributed by atoms with Crippen LogP contribution in [0.3, 0.4) is 0 Å². The third-order valence-corrected chi connectivity index (χ3v) is 4.83. The van der Waals surface area contributed by atoms with E-state index in [9.17, 15) is 14.7 Å². The number of aliphatic hydroxyl groups is 1. The molecule has 1 aromatic heterocycles. The highest BCUT2D eigenvalue weighted by Gasteiger charge is 2.25. The molecule has 154 valence electrons. The van der Waals surface area contributed by atoms with Crippen molar-refractivity contribution in [3.05, 3.63) is 48.2 Å². The van der Waals surface area contributed by atoms with Gasteiger partial charge in [0.05, 0.1) is 6.10 Å². The van der Waals surface area contributed by atoms with Crippen molar-refractivity contribution in [3.63, 3.8) is 0 Å². The first-order valence-electron chi connectivity index (χ1n) is 9.44. The van der Waals surface area contributed by atoms with Crippen LogP contribution in [0.4, 0.5) is 5.82 Å². The van der Waals surface area contributed by atoms with Crippen molar-refractivity contribution >= 4 is 17.6 Å². The highest BCUT2D eigenvalue weighted by Crippen LogP contribution is 2.22. The van der Waals surface area contributed by atoms with E-state index in [1.54, 1.807) is 24.3 Å². The van der Waals surface area contributed by atoms with Crippen LogP contribution in [-0.2, 0) is 4.79 Å². The molecule has 5 N–H and O–H groups in total. The summed E-state index contributed by atoms with van der Waals surface area (Å²) < 4.78 is 0. The van der Waals surface area contributed by atoms with Gasteiger partial charge in [0, 0.05) is 43.5 Å². The van der Waals surface area contributed by atoms with Gasteiger partial charge in [0.15, 0.2) is 0 Å². The van der Waals surface area contributed by atoms with Crippen molar-refractivity contribution in [3.8, 4) is 11.1 Å². The number of aliphatic hydroxyl groups excluding tert-OH is 1. The predicted octanol–water partition coefficient (Wildman–Crippen LogP) is 0.143. The highest BCUT2D eigenvalue weighted by molar-refractivity contribution is 5.97. The van der Waals surface area contributed by atoms with E-state index in [0.717, 1.165) is 43.1 Å². The van der Waals surface area contributed by atoms with Crippen LogP contribution in [0.15, 0.2) is 42.6 Å². The van der Waals surface area contributed by atoms with E-state index < -0.39 is 24.0 Å². The smallest absolute Gasteiger partial charge is 0.268 e. The summed E-state index contributed by atoms with van der Waals surface area (Å²) in [5.41, 5.74) is 3.60. The molecule has 3 rings (SSSR count). The molecule has 1 aliphatic heterocycles. The molecule has 0 bridgehead atoms. The van der Waals surface area contributed by atoms with Gasteiger partial charge in [0.25, 0.3) is 11.8 Å². The summed E-state index contributed by atoms with van der Waals surface area (Å²) >= 11 is 0. The van der Waals surface area contributed by atoms with E-state index in [2.05, 4.69) is 20.5 Å². The molecule has 0 spiro atoms. The van der Waals surface area contributed by atoms with Crippen LogP contribution in [0.25, 0.3) is 11.1 Å². The van der Waals surface area contributed by atoms with Crippen LogP contribution in [0, 0.1) is 0 Å². The van der Waals surface area contributed by atoms with Crippen molar-refractivity contribution in [2.24, 2.45) is 0 Å². The average Bonchev–Trinajstić information content (AvgIpc) is 2.77. The summed E-state index contributed by atoms with van der Waals surface area (Å²) in [6.07, 6.45) is 0.646. The molecule has 0 saturated carbocycles. The molecule has 2 heterocycles. The van der Waals surface area contributed by atoms with Crippen LogP contribution in [0.5, 0.6) is 0 Å². The highest BCUT2D eigenvalue weighted by atomic mass is 16.5. The van der Waals surface area contributed by atoms with Gasteiger partial charge in [-0.05, 0) is 36.8 Å². The predicted molar refractivity (Wildman–Crippen MR) is 108 cm³/mol. The third-order valence-electron chi connectivity index (χ3n) is 4.83. The van der Waals surface area contributed by atoms with Gasteiger partial charge in [-0.2, -0.15) is 0 Å². The number of nitrogens with one attached hydrogen (secondary N) is 3. The lowest BCUT2D eigenvalue weighted by Crippen LogP contribution is -2.51. The topological polar surface area (TPSA) is 127 Å². The minimum absolute atomic E-state index is 0.329. The van der Waals surface area contributed by atoms with E-state index in [0.29, 0.717) is 5.56 Å². The Hall–Kier alpha value is -3.01. The standard InChI is InChI=1S/C20H25N5O4/c1-13(26)18(20(28)24-29)23-19(27)15-4-2-14(3-5-15)16-6-7-17(22-12-16)25-10-8-21-9-11-25/h2-7,12-13,18,21,26,29H,8-11H2,1H3,(H,23,27)(H,24,28)/t13-,18+/m1/s1. The first-order chi connectivity index (χ1) is 14.0. The molecule has 29 heavy (non-hydrogen) atoms. The van der Waals surface area contributed by atoms with Crippen molar-refractivity contribution in [1.29, 1.82) is 0 Å². The van der Waals surface area contributed by atoms with Crippen LogP contribution in [0.2, 0.25) is 0 Å². The van der Waals surface area contributed by atoms with Crippen molar-refractivity contribution in [2.45, 2.75) is 19.1 Å². The minimum Gasteiger partial charge on any atom is -0.391 e. The van der Waals surface area contributed by atoms with Crippen LogP contribution in [-0.4, -0.2) is 65.4 Å². The van der Waals surface area contributed by atoms with E-state index in [1.165, 1.54) is 12.4 Å². The van der Waals surface area contributed by atoms with Crippen molar-refractivity contribution in [1.82, 2.24) is 21.1 Å². The number of carbonyl (C=O) groups is 2. The second-order valence-corrected chi connectivity index (χ2v) is 6.89. The zero-order valence-corrected chi connectivity index (χ0v) is 16.1. The molecule has 1 aromatic carbocycles. The summed E-state index contributed by atoms with van der Waals surface area (Å²) in [7, 11) is 0. The number of aromatic nitrogens is 1. The number of hydrogen-bond acceptors (Lipinski definition) is 7. The molecule has 9 nitrogen and oxygen atoms in total. The Kier molecular flexibility index (Phi) is 6.76. The Morgan fingerprint density at radius 1 is 1.10 bits per heavy atom. The van der Waals surface area contributed by atoms with Crippen molar-refractivity contribution in [2.75, 3.05) is 31.1 Å². The molecular formula is C20H25N5O4. The van der Waals surface area contributed by atoms with Crippen LogP contribution < -0.4 is 21.0 Å². The first kappa shape index (κ1) is 20.7. The van der Waals surface area contributed by atoms with Gasteiger partial charge in [-0.25, -0.2) is 10.5 Å². The molecular weight excluding hydrogens is 374 g/mol. The molecule has 2 amide bonds. The third kappa shape index (κ3) is 5.08. The van der Waals surface area contributed by atoms with E-state index in [-0.39, 0.29) is 0 Å². The van der Waals surface area contributed by atoms with E-state index in [4.69, 9.17) is 5.21 Å². The second-order valence-electron chi connectivity index (χ2n) is 6.89. The fraction of sp³-hybridized carbons (Fsp3) is 0.350. The van der Waals surface area contributed by atoms with Gasteiger partial charge in [-0.3, -0.25) is 14.8 Å². The van der Waals surface area contributed by atoms with Gasteiger partial charge in [-0.1, -0.05) is 12.1 Å². The quantitative estimate of drug-likeness (QED) is 0.345. The Morgan fingerprint density at radius 2 is 1.76 bits per heavy atom. The van der Waals surface area contributed by atoms with Crippen LogP contribution >= 0.6 is 0 Å². The van der Waals surface area contributed by atoms with Gasteiger partial charge < -0.3 is 20.6 Å². The lowest BCUT2D eigenvalue weighted by Gasteiger charge is -2.28. The lowest BCUT2D eigenvalue weighted by molar-refractivity contribution is -0.133. The van der Waals surface area contributed by atoms with Gasteiger partial charge >= 0.3 is 0 Å². The van der Waals surface area contributed by atoms with E-state index in [1.807, 2.05) is 18.3 Å². The van der Waals surface area contributed by atoms with Crippen molar-refractivity contribution < 1.29 is 19.9 Å². The monoisotopic (exact) mass is 399 g/mol. The number of rotatable bonds is 6. The van der Waals surface area contributed by atoms with Crippen LogP contribution in [0.1, 0.15) is 17.3 Å². The molecule has 0 aliphatic carbocycles. The number of piperazine rings is 1. The lowest BCUT2D eigenvalue weighted by atomic mass is 10.0. The molecule has 9 heteroatoms. The largest absolute Gasteiger partial charge is 0.391 e. The number of pyridine rings is 1. The fourth-order valence-electron chi connectivity index (χ4n) is 3.15. The molecule has 0 unspecified atom stereocenters. The summed E-state index contributed by atoms with van der Waals surface area (Å²) in [6.45, 7) is 5.10. The number of anilines is 1. The summed E-state index contributed by atoms with van der Waals surface area (Å²) in [6, 6.07) is 9.57. The molecule has 1 aliphatic rings. The molecule has 2 atom stereocenters. The first-order valence-corrected chi connectivity index (χ1v) is 9.44. The second kappa shape index (κ2) is 9.46. The normalized spacial score (nSPS) is 16.0. The number of benzene rings is 1. The maximum absolute atomic E-state index is 12.3. The number of nitrogens with zero attached hydrogens (tertiary/aromatic N) is 2. The minimum atomic E-state index is -1.26. The zero-order valence-electron chi connectivity index (χ0n) is 16.1. The summed E-state index contributed by atoms with van der Waals surface area (Å²) in [4.78, 5) is 30.7. The Bertz CT molecular complexity index is 833. The molecule has 0 radical (unpaired) electrons. The Labute approximate surface area is 168 Å². The average molecular weight is 399 g/mol. The maximum Gasteiger partial charge on any atom is 0.268 e. The summed E-state index contributed by atoms with van der Waals surface area (Å²) in [5, 5.41) is 24.1.